The number of ether oxygens (including phenoxy) is 1. The molecule has 2 aromatic carbocycles. The van der Waals surface area contributed by atoms with Crippen LogP contribution in [0, 0.1) is 0 Å². The zero-order chi connectivity index (χ0) is 16.9. The molecule has 1 aromatic heterocycles. The number of nitrogens with one attached hydrogen (secondary N) is 1. The number of alkyl halides is 2. The molecule has 1 N–H and O–H groups in total. The molecule has 122 valence electrons. The van der Waals surface area contributed by atoms with Crippen molar-refractivity contribution in [3.05, 3.63) is 60.4 Å². The van der Waals surface area contributed by atoms with Crippen LogP contribution in [0.3, 0.4) is 0 Å². The van der Waals surface area contributed by atoms with Gasteiger partial charge in [-0.1, -0.05) is 0 Å². The molecule has 9 heteroatoms. The summed E-state index contributed by atoms with van der Waals surface area (Å²) < 4.78 is 29.9. The molecule has 0 aliphatic heterocycles. The van der Waals surface area contributed by atoms with E-state index < -0.39 is 6.61 Å². The highest BCUT2D eigenvalue weighted by Crippen LogP contribution is 2.17. The van der Waals surface area contributed by atoms with Gasteiger partial charge in [0.05, 0.1) is 5.69 Å². The van der Waals surface area contributed by atoms with Gasteiger partial charge in [0.25, 0.3) is 5.91 Å². The van der Waals surface area contributed by atoms with Gasteiger partial charge < -0.3 is 10.1 Å². The van der Waals surface area contributed by atoms with E-state index in [9.17, 15) is 13.6 Å². The Bertz CT molecular complexity index is 805. The average molecular weight is 331 g/mol. The van der Waals surface area contributed by atoms with Crippen LogP contribution in [0.15, 0.2) is 54.9 Å². The van der Waals surface area contributed by atoms with Crippen LogP contribution in [-0.4, -0.2) is 32.7 Å². The summed E-state index contributed by atoms with van der Waals surface area (Å²) in [7, 11) is 0. The number of nitrogens with zero attached hydrogens (tertiary/aromatic N) is 4. The van der Waals surface area contributed by atoms with E-state index in [0.717, 1.165) is 5.69 Å². The molecular formula is C15H11F2N5O2. The first-order valence-corrected chi connectivity index (χ1v) is 6.81. The number of carbonyl (C=O) groups excluding carboxylic acids is 1. The van der Waals surface area contributed by atoms with Gasteiger partial charge in [-0.15, -0.1) is 5.10 Å². The summed E-state index contributed by atoms with van der Waals surface area (Å²) in [5, 5.41) is 13.5. The standard InChI is InChI=1S/C15H11F2N5O2/c16-15(17)24-13-7-1-10(2-8-13)14(23)19-11-3-5-12(6-4-11)22-9-18-20-21-22/h1-9,15H,(H,19,23). The van der Waals surface area contributed by atoms with Crippen molar-refractivity contribution in [1.82, 2.24) is 20.2 Å². The SMILES string of the molecule is O=C(Nc1ccc(-n2cnnn2)cc1)c1ccc(OC(F)F)cc1. The van der Waals surface area contributed by atoms with E-state index in [1.165, 1.54) is 35.3 Å². The van der Waals surface area contributed by atoms with Crippen molar-refractivity contribution in [2.45, 2.75) is 6.61 Å². The second-order valence-electron chi connectivity index (χ2n) is 4.66. The molecule has 0 unspecified atom stereocenters. The minimum Gasteiger partial charge on any atom is -0.435 e. The second kappa shape index (κ2) is 6.82. The highest BCUT2D eigenvalue weighted by Gasteiger charge is 2.08. The summed E-state index contributed by atoms with van der Waals surface area (Å²) in [6.07, 6.45) is 1.45. The predicted octanol–water partition coefficient (Wildman–Crippen LogP) is 2.52. The van der Waals surface area contributed by atoms with Crippen molar-refractivity contribution in [2.24, 2.45) is 0 Å². The number of anilines is 1. The number of carbonyl (C=O) groups is 1. The van der Waals surface area contributed by atoms with Crippen LogP contribution in [0.25, 0.3) is 5.69 Å². The van der Waals surface area contributed by atoms with E-state index in [1.807, 2.05) is 0 Å². The largest absolute Gasteiger partial charge is 0.435 e. The fourth-order valence-corrected chi connectivity index (χ4v) is 1.97. The first-order chi connectivity index (χ1) is 11.6. The predicted molar refractivity (Wildman–Crippen MR) is 80.2 cm³/mol. The molecular weight excluding hydrogens is 320 g/mol. The number of rotatable bonds is 5. The Morgan fingerprint density at radius 1 is 1.08 bits per heavy atom. The zero-order valence-corrected chi connectivity index (χ0v) is 12.1. The maximum atomic E-state index is 12.1. The molecule has 1 amide bonds. The average Bonchev–Trinajstić information content (AvgIpc) is 3.10. The second-order valence-corrected chi connectivity index (χ2v) is 4.66. The molecule has 0 fully saturated rings. The fraction of sp³-hybridized carbons (Fsp3) is 0.0667. The summed E-state index contributed by atoms with van der Waals surface area (Å²) in [4.78, 5) is 12.1. The van der Waals surface area contributed by atoms with E-state index in [0.29, 0.717) is 11.3 Å². The van der Waals surface area contributed by atoms with Gasteiger partial charge in [0, 0.05) is 11.3 Å². The van der Waals surface area contributed by atoms with E-state index in [4.69, 9.17) is 0 Å². The van der Waals surface area contributed by atoms with E-state index in [1.54, 1.807) is 24.3 Å². The molecule has 0 radical (unpaired) electrons. The maximum Gasteiger partial charge on any atom is 0.387 e. The monoisotopic (exact) mass is 331 g/mol. The molecule has 0 saturated heterocycles. The fourth-order valence-electron chi connectivity index (χ4n) is 1.97. The number of benzene rings is 2. The molecule has 0 aliphatic carbocycles. The molecule has 0 atom stereocenters. The van der Waals surface area contributed by atoms with Crippen molar-refractivity contribution in [3.63, 3.8) is 0 Å². The van der Waals surface area contributed by atoms with Crippen LogP contribution in [0.4, 0.5) is 14.5 Å². The third-order valence-electron chi connectivity index (χ3n) is 3.08. The van der Waals surface area contributed by atoms with Crippen molar-refractivity contribution >= 4 is 11.6 Å². The Hall–Kier alpha value is -3.36. The number of hydrogen-bond acceptors (Lipinski definition) is 5. The molecule has 0 bridgehead atoms. The lowest BCUT2D eigenvalue weighted by atomic mass is 10.2. The summed E-state index contributed by atoms with van der Waals surface area (Å²) in [5.41, 5.74) is 1.64. The smallest absolute Gasteiger partial charge is 0.387 e. The van der Waals surface area contributed by atoms with E-state index in [-0.39, 0.29) is 11.7 Å². The van der Waals surface area contributed by atoms with Crippen LogP contribution >= 0.6 is 0 Å². The molecule has 0 spiro atoms. The highest BCUT2D eigenvalue weighted by molar-refractivity contribution is 6.04. The molecule has 3 aromatic rings. The van der Waals surface area contributed by atoms with Crippen molar-refractivity contribution in [3.8, 4) is 11.4 Å². The minimum atomic E-state index is -2.90. The van der Waals surface area contributed by atoms with E-state index >= 15 is 0 Å². The van der Waals surface area contributed by atoms with Crippen LogP contribution < -0.4 is 10.1 Å². The Morgan fingerprint density at radius 2 is 1.79 bits per heavy atom. The van der Waals surface area contributed by atoms with Crippen LogP contribution in [0.1, 0.15) is 10.4 Å². The minimum absolute atomic E-state index is 0.00709. The van der Waals surface area contributed by atoms with Gasteiger partial charge in [0.2, 0.25) is 0 Å². The molecule has 24 heavy (non-hydrogen) atoms. The Balaban J connectivity index is 1.66. The molecule has 0 saturated carbocycles. The van der Waals surface area contributed by atoms with Gasteiger partial charge in [0.15, 0.2) is 0 Å². The summed E-state index contributed by atoms with van der Waals surface area (Å²) in [6.45, 7) is -2.90. The van der Waals surface area contributed by atoms with Gasteiger partial charge in [0.1, 0.15) is 12.1 Å². The lowest BCUT2D eigenvalue weighted by molar-refractivity contribution is -0.0498. The number of aromatic nitrogens is 4. The Kier molecular flexibility index (Phi) is 4.41. The molecule has 0 aliphatic rings. The number of halogens is 2. The van der Waals surface area contributed by atoms with Crippen LogP contribution in [0.5, 0.6) is 5.75 Å². The summed E-state index contributed by atoms with van der Waals surface area (Å²) in [5.74, 6) is -0.374. The van der Waals surface area contributed by atoms with E-state index in [2.05, 4.69) is 25.6 Å². The normalized spacial score (nSPS) is 10.6. The molecule has 7 nitrogen and oxygen atoms in total. The maximum absolute atomic E-state index is 12.1. The molecule has 1 heterocycles. The van der Waals surface area contributed by atoms with Crippen molar-refractivity contribution in [1.29, 1.82) is 0 Å². The van der Waals surface area contributed by atoms with Crippen molar-refractivity contribution in [2.75, 3.05) is 5.32 Å². The third kappa shape index (κ3) is 3.69. The Labute approximate surface area is 134 Å². The van der Waals surface area contributed by atoms with Gasteiger partial charge in [-0.2, -0.15) is 8.78 Å². The number of tetrazole rings is 1. The van der Waals surface area contributed by atoms with Gasteiger partial charge >= 0.3 is 6.61 Å². The first kappa shape index (κ1) is 15.5. The quantitative estimate of drug-likeness (QED) is 0.777. The first-order valence-electron chi connectivity index (χ1n) is 6.81. The summed E-state index contributed by atoms with van der Waals surface area (Å²) >= 11 is 0. The van der Waals surface area contributed by atoms with Crippen LogP contribution in [-0.2, 0) is 0 Å². The Morgan fingerprint density at radius 3 is 2.38 bits per heavy atom. The number of hydrogen-bond donors (Lipinski definition) is 1. The summed E-state index contributed by atoms with van der Waals surface area (Å²) in [6, 6.07) is 12.3. The van der Waals surface area contributed by atoms with Crippen LogP contribution in [0.2, 0.25) is 0 Å². The van der Waals surface area contributed by atoms with Gasteiger partial charge in [-0.25, -0.2) is 4.68 Å². The lowest BCUT2D eigenvalue weighted by Gasteiger charge is -2.08. The zero-order valence-electron chi connectivity index (χ0n) is 12.1. The lowest BCUT2D eigenvalue weighted by Crippen LogP contribution is -2.12. The number of amides is 1. The van der Waals surface area contributed by atoms with Crippen molar-refractivity contribution < 1.29 is 18.3 Å². The van der Waals surface area contributed by atoms with Gasteiger partial charge in [-0.05, 0) is 59.0 Å². The third-order valence-corrected chi connectivity index (χ3v) is 3.08. The topological polar surface area (TPSA) is 81.9 Å². The molecule has 3 rings (SSSR count). The van der Waals surface area contributed by atoms with Gasteiger partial charge in [-0.3, -0.25) is 4.79 Å². The highest BCUT2D eigenvalue weighted by atomic mass is 19.3.